The van der Waals surface area contributed by atoms with E-state index in [0.29, 0.717) is 12.2 Å². The molecule has 96 valence electrons. The Kier molecular flexibility index (Phi) is 4.73. The summed E-state index contributed by atoms with van der Waals surface area (Å²) >= 11 is 0. The van der Waals surface area contributed by atoms with Crippen LogP contribution < -0.4 is 5.32 Å². The molecular weight excluding hydrogens is 228 g/mol. The Hall–Kier alpha value is -2.02. The van der Waals surface area contributed by atoms with Crippen LogP contribution in [-0.2, 0) is 0 Å². The van der Waals surface area contributed by atoms with E-state index in [0.717, 1.165) is 5.69 Å². The van der Waals surface area contributed by atoms with Gasteiger partial charge in [0.25, 0.3) is 0 Å². The maximum Gasteiger partial charge on any atom is 0.335 e. The Morgan fingerprint density at radius 3 is 2.67 bits per heavy atom. The van der Waals surface area contributed by atoms with Crippen LogP contribution in [0.25, 0.3) is 0 Å². The second kappa shape index (κ2) is 6.06. The minimum Gasteiger partial charge on any atom is -0.478 e. The van der Waals surface area contributed by atoms with Gasteiger partial charge in [0.1, 0.15) is 5.82 Å². The molecule has 2 N–H and O–H groups in total. The molecule has 1 unspecified atom stereocenters. The maximum atomic E-state index is 11.1. The largest absolute Gasteiger partial charge is 0.478 e. The van der Waals surface area contributed by atoms with Gasteiger partial charge in [0, 0.05) is 18.2 Å². The normalized spacial score (nSPS) is 11.9. The summed E-state index contributed by atoms with van der Waals surface area (Å²) in [6.45, 7) is 5.88. The van der Waals surface area contributed by atoms with Crippen molar-refractivity contribution in [2.75, 3.05) is 5.32 Å². The van der Waals surface area contributed by atoms with Crippen molar-refractivity contribution in [2.45, 2.75) is 39.2 Å². The van der Waals surface area contributed by atoms with Crippen LogP contribution in [-0.4, -0.2) is 22.1 Å². The number of aromatic carboxylic acids is 1. The molecule has 0 amide bonds. The fraction of sp³-hybridized carbons (Fsp3) is 0.429. The van der Waals surface area contributed by atoms with Crippen molar-refractivity contribution in [2.24, 2.45) is 0 Å². The number of nitrogens with one attached hydrogen (secondary N) is 1. The van der Waals surface area contributed by atoms with E-state index in [9.17, 15) is 4.79 Å². The lowest BCUT2D eigenvalue weighted by Gasteiger charge is -2.14. The second-order valence-electron chi connectivity index (χ2n) is 4.58. The molecule has 0 bridgehead atoms. The molecule has 0 aliphatic heterocycles. The van der Waals surface area contributed by atoms with Crippen molar-refractivity contribution in [1.82, 2.24) is 4.98 Å². The number of carboxylic acids is 1. The zero-order valence-corrected chi connectivity index (χ0v) is 10.9. The van der Waals surface area contributed by atoms with Crippen LogP contribution in [0.5, 0.6) is 0 Å². The Labute approximate surface area is 107 Å². The van der Waals surface area contributed by atoms with Crippen LogP contribution in [0.4, 0.5) is 5.82 Å². The van der Waals surface area contributed by atoms with Gasteiger partial charge in [0.05, 0.1) is 5.56 Å². The molecule has 0 fully saturated rings. The van der Waals surface area contributed by atoms with Crippen LogP contribution in [0.2, 0.25) is 0 Å². The minimum absolute atomic E-state index is 0.0616. The molecule has 1 atom stereocenters. The third kappa shape index (κ3) is 3.77. The fourth-order valence-corrected chi connectivity index (χ4v) is 1.53. The molecule has 0 aliphatic carbocycles. The van der Waals surface area contributed by atoms with Crippen molar-refractivity contribution < 1.29 is 9.90 Å². The monoisotopic (exact) mass is 246 g/mol. The molecule has 4 nitrogen and oxygen atoms in total. The van der Waals surface area contributed by atoms with Gasteiger partial charge in [-0.15, -0.1) is 12.3 Å². The third-order valence-corrected chi connectivity index (χ3v) is 2.50. The molecule has 1 rings (SSSR count). The predicted molar refractivity (Wildman–Crippen MR) is 71.8 cm³/mol. The van der Waals surface area contributed by atoms with Crippen LogP contribution in [0.3, 0.4) is 0 Å². The second-order valence-corrected chi connectivity index (χ2v) is 4.58. The Balaban J connectivity index is 3.04. The van der Waals surface area contributed by atoms with Gasteiger partial charge in [0.2, 0.25) is 0 Å². The van der Waals surface area contributed by atoms with E-state index in [1.165, 1.54) is 6.07 Å². The molecule has 4 heteroatoms. The van der Waals surface area contributed by atoms with E-state index < -0.39 is 5.97 Å². The van der Waals surface area contributed by atoms with Crippen molar-refractivity contribution in [3.63, 3.8) is 0 Å². The summed E-state index contributed by atoms with van der Waals surface area (Å²) in [6.07, 6.45) is 5.80. The summed E-state index contributed by atoms with van der Waals surface area (Å²) in [6, 6.07) is 3.19. The average Bonchev–Trinajstić information content (AvgIpc) is 2.28. The zero-order valence-electron chi connectivity index (χ0n) is 10.9. The number of aromatic nitrogens is 1. The number of carbonyl (C=O) groups is 1. The standard InChI is InChI=1S/C14H18N2O2/c1-5-6-10(4)15-13-8-11(14(17)18)7-12(16-13)9(2)3/h1,7-10H,6H2,2-4H3,(H,15,16)(H,17,18). The summed E-state index contributed by atoms with van der Waals surface area (Å²) in [7, 11) is 0. The van der Waals surface area contributed by atoms with Gasteiger partial charge in [0.15, 0.2) is 0 Å². The minimum atomic E-state index is -0.952. The first-order chi connectivity index (χ1) is 8.43. The lowest BCUT2D eigenvalue weighted by Crippen LogP contribution is -2.16. The Bertz CT molecular complexity index is 475. The van der Waals surface area contributed by atoms with Gasteiger partial charge in [-0.05, 0) is 25.0 Å². The zero-order chi connectivity index (χ0) is 13.7. The Morgan fingerprint density at radius 2 is 2.17 bits per heavy atom. The fourth-order valence-electron chi connectivity index (χ4n) is 1.53. The highest BCUT2D eigenvalue weighted by atomic mass is 16.4. The first-order valence-electron chi connectivity index (χ1n) is 5.89. The van der Waals surface area contributed by atoms with Gasteiger partial charge in [-0.1, -0.05) is 13.8 Å². The highest BCUT2D eigenvalue weighted by Crippen LogP contribution is 2.18. The summed E-state index contributed by atoms with van der Waals surface area (Å²) < 4.78 is 0. The first kappa shape index (κ1) is 14.0. The number of carboxylic acid groups (broad SMARTS) is 1. The number of anilines is 1. The third-order valence-electron chi connectivity index (χ3n) is 2.50. The highest BCUT2D eigenvalue weighted by molar-refractivity contribution is 5.88. The summed E-state index contributed by atoms with van der Waals surface area (Å²) in [5.41, 5.74) is 0.995. The van der Waals surface area contributed by atoms with E-state index in [2.05, 4.69) is 16.2 Å². The molecule has 1 aromatic heterocycles. The van der Waals surface area contributed by atoms with Gasteiger partial charge in [-0.2, -0.15) is 0 Å². The van der Waals surface area contributed by atoms with Crippen LogP contribution in [0, 0.1) is 12.3 Å². The molecule has 0 radical (unpaired) electrons. The van der Waals surface area contributed by atoms with E-state index in [4.69, 9.17) is 11.5 Å². The first-order valence-corrected chi connectivity index (χ1v) is 5.89. The van der Waals surface area contributed by atoms with E-state index in [1.54, 1.807) is 6.07 Å². The van der Waals surface area contributed by atoms with Gasteiger partial charge in [-0.3, -0.25) is 0 Å². The van der Waals surface area contributed by atoms with E-state index >= 15 is 0 Å². The van der Waals surface area contributed by atoms with Gasteiger partial charge < -0.3 is 10.4 Å². The molecule has 1 aromatic rings. The summed E-state index contributed by atoms with van der Waals surface area (Å²) in [5, 5.41) is 12.2. The average molecular weight is 246 g/mol. The van der Waals surface area contributed by atoms with Crippen molar-refractivity contribution in [3.05, 3.63) is 23.4 Å². The molecule has 1 heterocycles. The highest BCUT2D eigenvalue weighted by Gasteiger charge is 2.11. The maximum absolute atomic E-state index is 11.1. The SMILES string of the molecule is C#CCC(C)Nc1cc(C(=O)O)cc(C(C)C)n1. The summed E-state index contributed by atoms with van der Waals surface area (Å²) in [4.78, 5) is 15.4. The number of terminal acetylenes is 1. The van der Waals surface area contributed by atoms with E-state index in [-0.39, 0.29) is 17.5 Å². The van der Waals surface area contributed by atoms with Crippen molar-refractivity contribution in [3.8, 4) is 12.3 Å². The molecule has 0 aromatic carbocycles. The number of hydrogen-bond acceptors (Lipinski definition) is 3. The number of rotatable bonds is 5. The molecule has 0 saturated heterocycles. The predicted octanol–water partition coefficient (Wildman–Crippen LogP) is 2.73. The number of hydrogen-bond donors (Lipinski definition) is 2. The smallest absolute Gasteiger partial charge is 0.335 e. The topological polar surface area (TPSA) is 62.2 Å². The van der Waals surface area contributed by atoms with Crippen molar-refractivity contribution in [1.29, 1.82) is 0 Å². The lowest BCUT2D eigenvalue weighted by molar-refractivity contribution is 0.0696. The Morgan fingerprint density at radius 1 is 1.50 bits per heavy atom. The molecular formula is C14H18N2O2. The molecule has 0 aliphatic rings. The molecule has 18 heavy (non-hydrogen) atoms. The van der Waals surface area contributed by atoms with Gasteiger partial charge in [-0.25, -0.2) is 9.78 Å². The van der Waals surface area contributed by atoms with Crippen LogP contribution >= 0.6 is 0 Å². The van der Waals surface area contributed by atoms with Gasteiger partial charge >= 0.3 is 5.97 Å². The number of nitrogens with zero attached hydrogens (tertiary/aromatic N) is 1. The number of pyridine rings is 1. The molecule has 0 spiro atoms. The summed E-state index contributed by atoms with van der Waals surface area (Å²) in [5.74, 6) is 2.33. The van der Waals surface area contributed by atoms with E-state index in [1.807, 2.05) is 20.8 Å². The molecule has 0 saturated carbocycles. The van der Waals surface area contributed by atoms with Crippen LogP contribution in [0.15, 0.2) is 12.1 Å². The van der Waals surface area contributed by atoms with Crippen LogP contribution in [0.1, 0.15) is 49.2 Å². The van der Waals surface area contributed by atoms with Crippen molar-refractivity contribution >= 4 is 11.8 Å². The quantitative estimate of drug-likeness (QED) is 0.784. The lowest BCUT2D eigenvalue weighted by atomic mass is 10.1.